The van der Waals surface area contributed by atoms with Crippen LogP contribution in [0, 0.1) is 5.82 Å². The van der Waals surface area contributed by atoms with Gasteiger partial charge in [0.1, 0.15) is 5.82 Å². The van der Waals surface area contributed by atoms with Crippen LogP contribution < -0.4 is 0 Å². The maximum absolute atomic E-state index is 14.3. The summed E-state index contributed by atoms with van der Waals surface area (Å²) in [4.78, 5) is 19.5. The van der Waals surface area contributed by atoms with Crippen molar-refractivity contribution in [1.29, 1.82) is 0 Å². The zero-order chi connectivity index (χ0) is 20.6. The Balaban J connectivity index is 1.71. The average Bonchev–Trinajstić information content (AvgIpc) is 3.06. The van der Waals surface area contributed by atoms with E-state index in [1.54, 1.807) is 24.4 Å². The third-order valence-electron chi connectivity index (χ3n) is 4.85. The molecule has 29 heavy (non-hydrogen) atoms. The molecule has 152 valence electrons. The van der Waals surface area contributed by atoms with E-state index < -0.39 is 28.9 Å². The number of carbonyl (C=O) groups excluding carboxylic acids is 1. The molecule has 4 rings (SSSR count). The molecule has 3 heterocycles. The van der Waals surface area contributed by atoms with Crippen LogP contribution in [0.2, 0.25) is 0 Å². The highest BCUT2D eigenvalue weighted by molar-refractivity contribution is 6.07. The van der Waals surface area contributed by atoms with Gasteiger partial charge in [-0.25, -0.2) is 9.37 Å². The maximum Gasteiger partial charge on any atom is 0.416 e. The normalized spacial score (nSPS) is 15.7. The van der Waals surface area contributed by atoms with E-state index in [1.165, 1.54) is 4.40 Å². The van der Waals surface area contributed by atoms with E-state index in [1.807, 2.05) is 0 Å². The number of imidazole rings is 1. The molecule has 0 spiro atoms. The highest BCUT2D eigenvalue weighted by Crippen LogP contribution is 2.30. The molecule has 9 heteroatoms. The number of aromatic nitrogens is 2. The first kappa shape index (κ1) is 19.5. The number of ketones is 1. The lowest BCUT2D eigenvalue weighted by atomic mass is 10.1. The first-order chi connectivity index (χ1) is 13.8. The molecule has 1 saturated heterocycles. The minimum atomic E-state index is -4.69. The molecule has 0 N–H and O–H groups in total. The van der Waals surface area contributed by atoms with Crippen LogP contribution in [0.3, 0.4) is 0 Å². The molecule has 2 aromatic heterocycles. The second-order valence-corrected chi connectivity index (χ2v) is 6.75. The van der Waals surface area contributed by atoms with E-state index >= 15 is 0 Å². The predicted octanol–water partition coefficient (Wildman–Crippen LogP) is 3.56. The SMILES string of the molecule is O=C(c1ccc(C(F)(F)F)cc1F)c1nc(CN2CCOCC2)c2ccccn12. The molecule has 0 amide bonds. The second kappa shape index (κ2) is 7.57. The van der Waals surface area contributed by atoms with Gasteiger partial charge in [-0.15, -0.1) is 0 Å². The third-order valence-corrected chi connectivity index (χ3v) is 4.85. The fourth-order valence-corrected chi connectivity index (χ4v) is 3.35. The fraction of sp³-hybridized carbons (Fsp3) is 0.300. The largest absolute Gasteiger partial charge is 0.416 e. The van der Waals surface area contributed by atoms with Crippen LogP contribution in [-0.4, -0.2) is 46.4 Å². The minimum absolute atomic E-state index is 0.0393. The number of carbonyl (C=O) groups is 1. The summed E-state index contributed by atoms with van der Waals surface area (Å²) in [5, 5.41) is 0. The van der Waals surface area contributed by atoms with Crippen LogP contribution in [0.15, 0.2) is 42.6 Å². The number of rotatable bonds is 4. The lowest BCUT2D eigenvalue weighted by Gasteiger charge is -2.25. The van der Waals surface area contributed by atoms with Gasteiger partial charge < -0.3 is 4.74 Å². The van der Waals surface area contributed by atoms with Gasteiger partial charge in [0.2, 0.25) is 5.78 Å². The van der Waals surface area contributed by atoms with Crippen LogP contribution in [0.5, 0.6) is 0 Å². The van der Waals surface area contributed by atoms with Crippen molar-refractivity contribution in [3.63, 3.8) is 0 Å². The van der Waals surface area contributed by atoms with Crippen LogP contribution in [0.1, 0.15) is 27.4 Å². The molecule has 0 unspecified atom stereocenters. The Morgan fingerprint density at radius 3 is 2.59 bits per heavy atom. The van der Waals surface area contributed by atoms with E-state index in [-0.39, 0.29) is 5.82 Å². The van der Waals surface area contributed by atoms with Gasteiger partial charge in [0.05, 0.1) is 35.6 Å². The smallest absolute Gasteiger partial charge is 0.379 e. The Bertz CT molecular complexity index is 1060. The lowest BCUT2D eigenvalue weighted by Crippen LogP contribution is -2.35. The number of fused-ring (bicyclic) bond motifs is 1. The quantitative estimate of drug-likeness (QED) is 0.490. The van der Waals surface area contributed by atoms with Gasteiger partial charge in [-0.2, -0.15) is 13.2 Å². The second-order valence-electron chi connectivity index (χ2n) is 6.75. The molecule has 5 nitrogen and oxygen atoms in total. The van der Waals surface area contributed by atoms with E-state index in [0.29, 0.717) is 43.1 Å². The highest BCUT2D eigenvalue weighted by Gasteiger charge is 2.32. The topological polar surface area (TPSA) is 46.8 Å². The number of alkyl halides is 3. The molecule has 0 atom stereocenters. The number of hydrogen-bond acceptors (Lipinski definition) is 4. The summed E-state index contributed by atoms with van der Waals surface area (Å²) in [5.41, 5.74) is -0.267. The number of morpholine rings is 1. The van der Waals surface area contributed by atoms with Crippen LogP contribution in [0.4, 0.5) is 17.6 Å². The number of nitrogens with zero attached hydrogens (tertiary/aromatic N) is 3. The maximum atomic E-state index is 14.3. The third kappa shape index (κ3) is 3.88. The monoisotopic (exact) mass is 407 g/mol. The lowest BCUT2D eigenvalue weighted by molar-refractivity contribution is -0.137. The number of halogens is 4. The predicted molar refractivity (Wildman–Crippen MR) is 96.1 cm³/mol. The number of ether oxygens (including phenoxy) is 1. The van der Waals surface area contributed by atoms with E-state index in [2.05, 4.69) is 9.88 Å². The molecule has 3 aromatic rings. The summed E-state index contributed by atoms with van der Waals surface area (Å²) in [6.45, 7) is 3.15. The summed E-state index contributed by atoms with van der Waals surface area (Å²) >= 11 is 0. The summed E-state index contributed by atoms with van der Waals surface area (Å²) in [5.74, 6) is -2.04. The number of benzene rings is 1. The Kier molecular flexibility index (Phi) is 5.10. The Morgan fingerprint density at radius 1 is 1.14 bits per heavy atom. The first-order valence-corrected chi connectivity index (χ1v) is 9.02. The van der Waals surface area contributed by atoms with Crippen molar-refractivity contribution in [2.45, 2.75) is 12.7 Å². The van der Waals surface area contributed by atoms with Crippen molar-refractivity contribution < 1.29 is 27.1 Å². The summed E-state index contributed by atoms with van der Waals surface area (Å²) in [6, 6.07) is 7.17. The van der Waals surface area contributed by atoms with Crippen LogP contribution in [0.25, 0.3) is 5.52 Å². The molecule has 0 aliphatic carbocycles. The van der Waals surface area contributed by atoms with Crippen molar-refractivity contribution in [3.05, 3.63) is 71.1 Å². The molecule has 0 bridgehead atoms. The van der Waals surface area contributed by atoms with E-state index in [0.717, 1.165) is 19.2 Å². The summed E-state index contributed by atoms with van der Waals surface area (Å²) < 4.78 is 59.5. The molecule has 0 radical (unpaired) electrons. The number of pyridine rings is 1. The van der Waals surface area contributed by atoms with Crippen molar-refractivity contribution in [1.82, 2.24) is 14.3 Å². The minimum Gasteiger partial charge on any atom is -0.379 e. The number of hydrogen-bond donors (Lipinski definition) is 0. The zero-order valence-electron chi connectivity index (χ0n) is 15.2. The fourth-order valence-electron chi connectivity index (χ4n) is 3.35. The van der Waals surface area contributed by atoms with Crippen molar-refractivity contribution >= 4 is 11.3 Å². The average molecular weight is 407 g/mol. The van der Waals surface area contributed by atoms with Gasteiger partial charge in [0, 0.05) is 25.8 Å². The van der Waals surface area contributed by atoms with Crippen LogP contribution in [-0.2, 0) is 17.5 Å². The van der Waals surface area contributed by atoms with Gasteiger partial charge in [-0.3, -0.25) is 14.1 Å². The highest BCUT2D eigenvalue weighted by atomic mass is 19.4. The van der Waals surface area contributed by atoms with Gasteiger partial charge in [-0.1, -0.05) is 6.07 Å². The van der Waals surface area contributed by atoms with E-state index in [4.69, 9.17) is 4.74 Å². The Hall–Kier alpha value is -2.78. The molecule has 0 saturated carbocycles. The molecule has 1 fully saturated rings. The molecule has 1 aromatic carbocycles. The molecule has 1 aliphatic rings. The molecular weight excluding hydrogens is 390 g/mol. The molecule has 1 aliphatic heterocycles. The first-order valence-electron chi connectivity index (χ1n) is 9.02. The van der Waals surface area contributed by atoms with E-state index in [9.17, 15) is 22.4 Å². The van der Waals surface area contributed by atoms with Crippen molar-refractivity contribution in [2.75, 3.05) is 26.3 Å². The summed E-state index contributed by atoms with van der Waals surface area (Å²) in [6.07, 6.45) is -3.06. The summed E-state index contributed by atoms with van der Waals surface area (Å²) in [7, 11) is 0. The molecular formula is C20H17F4N3O2. The zero-order valence-corrected chi connectivity index (χ0v) is 15.2. The van der Waals surface area contributed by atoms with Gasteiger partial charge >= 0.3 is 6.18 Å². The van der Waals surface area contributed by atoms with Gasteiger partial charge in [0.25, 0.3) is 0 Å². The van der Waals surface area contributed by atoms with Crippen molar-refractivity contribution in [2.24, 2.45) is 0 Å². The van der Waals surface area contributed by atoms with Gasteiger partial charge in [-0.05, 0) is 30.3 Å². The standard InChI is InChI=1S/C20H17F4N3O2/c21-15-11-13(20(22,23)24)4-5-14(15)18(28)19-25-16(12-26-7-9-29-10-8-26)17-3-1-2-6-27(17)19/h1-6,11H,7-10,12H2. The van der Waals surface area contributed by atoms with Crippen LogP contribution >= 0.6 is 0 Å². The van der Waals surface area contributed by atoms with Crippen molar-refractivity contribution in [3.8, 4) is 0 Å². The van der Waals surface area contributed by atoms with Gasteiger partial charge in [0.15, 0.2) is 5.82 Å². The Labute approximate surface area is 163 Å². The Morgan fingerprint density at radius 2 is 1.90 bits per heavy atom.